The van der Waals surface area contributed by atoms with Gasteiger partial charge in [0.05, 0.1) is 11.4 Å². The van der Waals surface area contributed by atoms with Gasteiger partial charge in [-0.2, -0.15) is 5.10 Å². The number of carbonyl (C=O) groups excluding carboxylic acids is 1. The highest BCUT2D eigenvalue weighted by Crippen LogP contribution is 2.16. The summed E-state index contributed by atoms with van der Waals surface area (Å²) in [6.45, 7) is 5.13. The molecule has 0 atom stereocenters. The fourth-order valence-corrected chi connectivity index (χ4v) is 3.83. The molecular formula is C21H26N6O2. The van der Waals surface area contributed by atoms with E-state index >= 15 is 0 Å². The molecule has 4 rings (SSSR count). The third-order valence-electron chi connectivity index (χ3n) is 5.35. The lowest BCUT2D eigenvalue weighted by molar-refractivity contribution is 0.0948. The van der Waals surface area contributed by atoms with Crippen molar-refractivity contribution in [3.63, 3.8) is 0 Å². The molecule has 0 radical (unpaired) electrons. The van der Waals surface area contributed by atoms with Crippen molar-refractivity contribution >= 4 is 16.7 Å². The van der Waals surface area contributed by atoms with Crippen LogP contribution in [0.2, 0.25) is 0 Å². The maximum atomic E-state index is 12.9. The number of rotatable bonds is 5. The number of benzene rings is 1. The van der Waals surface area contributed by atoms with E-state index in [4.69, 9.17) is 0 Å². The van der Waals surface area contributed by atoms with Crippen LogP contribution in [0.3, 0.4) is 0 Å². The number of aryl methyl sites for hydroxylation is 1. The number of carbonyl (C=O) groups is 1. The zero-order valence-corrected chi connectivity index (χ0v) is 16.9. The average molecular weight is 394 g/mol. The highest BCUT2D eigenvalue weighted by Gasteiger charge is 2.18. The summed E-state index contributed by atoms with van der Waals surface area (Å²) in [5, 5.41) is 17.0. The zero-order chi connectivity index (χ0) is 20.4. The first-order valence-corrected chi connectivity index (χ1v) is 10.3. The fourth-order valence-electron chi connectivity index (χ4n) is 3.83. The molecule has 1 aliphatic heterocycles. The standard InChI is InChI=1S/C21H26N6O2/c1-14(2)27-21(29)16-9-6-5-8-15(16)19(25-27)20(28)22-12-11-18-24-23-17-10-4-3-7-13-26(17)18/h5-6,8-9,14H,3-4,7,10-13H2,1-2H3,(H,22,28). The van der Waals surface area contributed by atoms with Crippen molar-refractivity contribution in [1.82, 2.24) is 29.9 Å². The van der Waals surface area contributed by atoms with Crippen LogP contribution < -0.4 is 10.9 Å². The molecule has 3 heterocycles. The van der Waals surface area contributed by atoms with Gasteiger partial charge in [-0.15, -0.1) is 10.2 Å². The summed E-state index contributed by atoms with van der Waals surface area (Å²) in [6.07, 6.45) is 5.08. The lowest BCUT2D eigenvalue weighted by Gasteiger charge is -2.13. The Morgan fingerprint density at radius 2 is 1.93 bits per heavy atom. The molecule has 2 aromatic heterocycles. The van der Waals surface area contributed by atoms with Crippen LogP contribution in [0.1, 0.15) is 61.3 Å². The normalized spacial score (nSPS) is 14.0. The van der Waals surface area contributed by atoms with E-state index in [1.165, 1.54) is 11.1 Å². The summed E-state index contributed by atoms with van der Waals surface area (Å²) in [6, 6.07) is 6.98. The van der Waals surface area contributed by atoms with Crippen molar-refractivity contribution in [3.8, 4) is 0 Å². The highest BCUT2D eigenvalue weighted by atomic mass is 16.2. The summed E-state index contributed by atoms with van der Waals surface area (Å²) in [4.78, 5) is 25.5. The molecule has 0 saturated heterocycles. The van der Waals surface area contributed by atoms with Gasteiger partial charge in [-0.3, -0.25) is 9.59 Å². The Bertz CT molecular complexity index is 1100. The summed E-state index contributed by atoms with van der Waals surface area (Å²) >= 11 is 0. The summed E-state index contributed by atoms with van der Waals surface area (Å²) in [7, 11) is 0. The van der Waals surface area contributed by atoms with Gasteiger partial charge < -0.3 is 9.88 Å². The first kappa shape index (κ1) is 19.3. The second-order valence-corrected chi connectivity index (χ2v) is 7.74. The van der Waals surface area contributed by atoms with E-state index in [9.17, 15) is 9.59 Å². The maximum Gasteiger partial charge on any atom is 0.274 e. The molecule has 1 N–H and O–H groups in total. The van der Waals surface area contributed by atoms with Crippen LogP contribution in [0.5, 0.6) is 0 Å². The predicted octanol–water partition coefficient (Wildman–Crippen LogP) is 2.27. The lowest BCUT2D eigenvalue weighted by atomic mass is 10.1. The number of aromatic nitrogens is 5. The molecule has 1 aliphatic rings. The van der Waals surface area contributed by atoms with Gasteiger partial charge in [0, 0.05) is 31.3 Å². The van der Waals surface area contributed by atoms with Crippen molar-refractivity contribution in [2.24, 2.45) is 0 Å². The SMILES string of the molecule is CC(C)n1nc(C(=O)NCCc2nnc3n2CCCCC3)c2ccccc2c1=O. The summed E-state index contributed by atoms with van der Waals surface area (Å²) in [5.74, 6) is 1.67. The van der Waals surface area contributed by atoms with Crippen LogP contribution in [0.25, 0.3) is 10.8 Å². The van der Waals surface area contributed by atoms with E-state index in [0.717, 1.165) is 37.5 Å². The lowest BCUT2D eigenvalue weighted by Crippen LogP contribution is -2.32. The molecule has 8 nitrogen and oxygen atoms in total. The van der Waals surface area contributed by atoms with Crippen LogP contribution in [0, 0.1) is 0 Å². The largest absolute Gasteiger partial charge is 0.350 e. The first-order chi connectivity index (χ1) is 14.1. The third kappa shape index (κ3) is 3.79. The number of fused-ring (bicyclic) bond motifs is 2. The van der Waals surface area contributed by atoms with Crippen molar-refractivity contribution in [2.75, 3.05) is 6.54 Å². The van der Waals surface area contributed by atoms with Crippen molar-refractivity contribution in [2.45, 2.75) is 58.5 Å². The molecule has 152 valence electrons. The Labute approximate surface area is 168 Å². The third-order valence-corrected chi connectivity index (χ3v) is 5.35. The molecule has 0 fully saturated rings. The van der Waals surface area contributed by atoms with Gasteiger partial charge in [0.1, 0.15) is 11.6 Å². The number of nitrogens with zero attached hydrogens (tertiary/aromatic N) is 5. The van der Waals surface area contributed by atoms with Crippen molar-refractivity contribution in [1.29, 1.82) is 0 Å². The number of hydrogen-bond donors (Lipinski definition) is 1. The van der Waals surface area contributed by atoms with Crippen LogP contribution in [-0.4, -0.2) is 37.0 Å². The quantitative estimate of drug-likeness (QED) is 0.716. The minimum Gasteiger partial charge on any atom is -0.350 e. The molecule has 1 amide bonds. The van der Waals surface area contributed by atoms with Crippen molar-refractivity contribution in [3.05, 3.63) is 52.0 Å². The van der Waals surface area contributed by atoms with E-state index < -0.39 is 0 Å². The Kier molecular flexibility index (Phi) is 5.42. The molecule has 3 aromatic rings. The van der Waals surface area contributed by atoms with Gasteiger partial charge in [-0.05, 0) is 32.8 Å². The number of amides is 1. The van der Waals surface area contributed by atoms with E-state index in [-0.39, 0.29) is 23.2 Å². The predicted molar refractivity (Wildman–Crippen MR) is 110 cm³/mol. The van der Waals surface area contributed by atoms with Crippen LogP contribution >= 0.6 is 0 Å². The molecule has 0 unspecified atom stereocenters. The minimum absolute atomic E-state index is 0.134. The number of nitrogens with one attached hydrogen (secondary N) is 1. The smallest absolute Gasteiger partial charge is 0.274 e. The van der Waals surface area contributed by atoms with E-state index in [1.54, 1.807) is 18.2 Å². The highest BCUT2D eigenvalue weighted by molar-refractivity contribution is 6.04. The number of hydrogen-bond acceptors (Lipinski definition) is 5. The Morgan fingerprint density at radius 1 is 1.14 bits per heavy atom. The van der Waals surface area contributed by atoms with E-state index in [0.29, 0.717) is 23.7 Å². The Hall–Kier alpha value is -3.03. The van der Waals surface area contributed by atoms with Gasteiger partial charge in [0.25, 0.3) is 11.5 Å². The van der Waals surface area contributed by atoms with Gasteiger partial charge in [0.2, 0.25) is 0 Å². The molecule has 1 aromatic carbocycles. The second-order valence-electron chi connectivity index (χ2n) is 7.74. The van der Waals surface area contributed by atoms with Gasteiger partial charge in [0.15, 0.2) is 5.69 Å². The summed E-state index contributed by atoms with van der Waals surface area (Å²) < 4.78 is 3.56. The molecule has 0 saturated carbocycles. The van der Waals surface area contributed by atoms with Gasteiger partial charge in [-0.25, -0.2) is 4.68 Å². The van der Waals surface area contributed by atoms with Crippen LogP contribution in [-0.2, 0) is 19.4 Å². The minimum atomic E-state index is -0.286. The van der Waals surface area contributed by atoms with Crippen LogP contribution in [0.4, 0.5) is 0 Å². The topological polar surface area (TPSA) is 94.7 Å². The Balaban J connectivity index is 1.54. The maximum absolute atomic E-state index is 12.9. The second kappa shape index (κ2) is 8.14. The molecule has 0 aliphatic carbocycles. The van der Waals surface area contributed by atoms with Crippen molar-refractivity contribution < 1.29 is 4.79 Å². The first-order valence-electron chi connectivity index (χ1n) is 10.3. The van der Waals surface area contributed by atoms with E-state index in [1.807, 2.05) is 19.9 Å². The zero-order valence-electron chi connectivity index (χ0n) is 16.9. The molecule has 0 bridgehead atoms. The van der Waals surface area contributed by atoms with Gasteiger partial charge >= 0.3 is 0 Å². The molecular weight excluding hydrogens is 368 g/mol. The van der Waals surface area contributed by atoms with Crippen LogP contribution in [0.15, 0.2) is 29.1 Å². The summed E-state index contributed by atoms with van der Waals surface area (Å²) in [5.41, 5.74) is 0.0901. The van der Waals surface area contributed by atoms with E-state index in [2.05, 4.69) is 25.2 Å². The average Bonchev–Trinajstić information content (AvgIpc) is 2.94. The molecule has 0 spiro atoms. The fraction of sp³-hybridized carbons (Fsp3) is 0.476. The molecule has 8 heteroatoms. The monoisotopic (exact) mass is 394 g/mol. The Morgan fingerprint density at radius 3 is 2.72 bits per heavy atom. The van der Waals surface area contributed by atoms with Gasteiger partial charge in [-0.1, -0.05) is 24.6 Å². The molecule has 29 heavy (non-hydrogen) atoms.